The van der Waals surface area contributed by atoms with Gasteiger partial charge in [-0.15, -0.1) is 0 Å². The van der Waals surface area contributed by atoms with Crippen LogP contribution in [0.25, 0.3) is 10.9 Å². The van der Waals surface area contributed by atoms with E-state index in [-0.39, 0.29) is 29.1 Å². The molecular formula is C20H18N2O6. The standard InChI is InChI=1S/C20H18N2O6/c1-27-19-15(10-12-5-3-4-6-16(12)21-19)18(23)11-14-9-13(20(24)28-2)7-8-17(14)22(25)26/h3-10,18,23H,11H2,1-2H3. The number of ether oxygens (including phenoxy) is 2. The van der Waals surface area contributed by atoms with Crippen molar-refractivity contribution in [2.45, 2.75) is 12.5 Å². The van der Waals surface area contributed by atoms with Crippen LogP contribution in [0.15, 0.2) is 48.5 Å². The van der Waals surface area contributed by atoms with Gasteiger partial charge in [0.15, 0.2) is 0 Å². The van der Waals surface area contributed by atoms with Crippen molar-refractivity contribution in [3.63, 3.8) is 0 Å². The van der Waals surface area contributed by atoms with E-state index in [2.05, 4.69) is 9.72 Å². The number of benzene rings is 2. The number of hydrogen-bond donors (Lipinski definition) is 1. The van der Waals surface area contributed by atoms with Gasteiger partial charge >= 0.3 is 5.97 Å². The Hall–Kier alpha value is -3.52. The van der Waals surface area contributed by atoms with Crippen molar-refractivity contribution in [3.05, 3.63) is 75.3 Å². The molecule has 0 saturated carbocycles. The average Bonchev–Trinajstić information content (AvgIpc) is 2.71. The molecule has 3 rings (SSSR count). The molecule has 0 amide bonds. The van der Waals surface area contributed by atoms with Gasteiger partial charge in [0.2, 0.25) is 5.88 Å². The smallest absolute Gasteiger partial charge is 0.337 e. The third kappa shape index (κ3) is 3.77. The summed E-state index contributed by atoms with van der Waals surface area (Å²) in [6.07, 6.45) is -1.23. The van der Waals surface area contributed by atoms with Crippen LogP contribution >= 0.6 is 0 Å². The van der Waals surface area contributed by atoms with E-state index >= 15 is 0 Å². The van der Waals surface area contributed by atoms with Crippen molar-refractivity contribution in [2.75, 3.05) is 14.2 Å². The molecule has 2 aromatic carbocycles. The maximum Gasteiger partial charge on any atom is 0.337 e. The number of aliphatic hydroxyl groups is 1. The molecule has 0 saturated heterocycles. The molecule has 1 heterocycles. The quantitative estimate of drug-likeness (QED) is 0.396. The van der Waals surface area contributed by atoms with E-state index in [9.17, 15) is 20.0 Å². The highest BCUT2D eigenvalue weighted by atomic mass is 16.6. The van der Waals surface area contributed by atoms with Gasteiger partial charge in [-0.3, -0.25) is 10.1 Å². The lowest BCUT2D eigenvalue weighted by Gasteiger charge is -2.15. The number of para-hydroxylation sites is 1. The average molecular weight is 382 g/mol. The largest absolute Gasteiger partial charge is 0.481 e. The zero-order valence-electron chi connectivity index (χ0n) is 15.3. The van der Waals surface area contributed by atoms with Gasteiger partial charge in [-0.05, 0) is 24.3 Å². The highest BCUT2D eigenvalue weighted by Crippen LogP contribution is 2.32. The number of fused-ring (bicyclic) bond motifs is 1. The van der Waals surface area contributed by atoms with E-state index in [0.29, 0.717) is 11.1 Å². The number of aliphatic hydroxyl groups excluding tert-OH is 1. The molecule has 3 aromatic rings. The summed E-state index contributed by atoms with van der Waals surface area (Å²) in [5.74, 6) is -0.381. The van der Waals surface area contributed by atoms with Gasteiger partial charge in [-0.2, -0.15) is 0 Å². The first-order chi connectivity index (χ1) is 13.4. The number of pyridine rings is 1. The van der Waals surface area contributed by atoms with Crippen LogP contribution in [0, 0.1) is 10.1 Å². The minimum atomic E-state index is -1.13. The second-order valence-electron chi connectivity index (χ2n) is 6.09. The number of esters is 1. The van der Waals surface area contributed by atoms with E-state index < -0.39 is 17.0 Å². The summed E-state index contributed by atoms with van der Waals surface area (Å²) in [5.41, 5.74) is 1.28. The second kappa shape index (κ2) is 8.01. The fraction of sp³-hybridized carbons (Fsp3) is 0.200. The first-order valence-electron chi connectivity index (χ1n) is 8.42. The Morgan fingerprint density at radius 3 is 2.64 bits per heavy atom. The fourth-order valence-electron chi connectivity index (χ4n) is 3.01. The zero-order chi connectivity index (χ0) is 20.3. The molecule has 1 aromatic heterocycles. The third-order valence-corrected chi connectivity index (χ3v) is 4.38. The van der Waals surface area contributed by atoms with E-state index in [1.165, 1.54) is 32.4 Å². The van der Waals surface area contributed by atoms with E-state index in [1.807, 2.05) is 24.3 Å². The Morgan fingerprint density at radius 1 is 1.21 bits per heavy atom. The summed E-state index contributed by atoms with van der Waals surface area (Å²) >= 11 is 0. The molecule has 0 bridgehead atoms. The van der Waals surface area contributed by atoms with Crippen LogP contribution in [0.1, 0.15) is 27.6 Å². The van der Waals surface area contributed by atoms with Gasteiger partial charge in [-0.1, -0.05) is 18.2 Å². The highest BCUT2D eigenvalue weighted by Gasteiger charge is 2.23. The molecule has 0 fully saturated rings. The minimum absolute atomic E-state index is 0.0997. The Bertz CT molecular complexity index is 1050. The molecule has 0 aliphatic carbocycles. The molecule has 8 nitrogen and oxygen atoms in total. The highest BCUT2D eigenvalue weighted by molar-refractivity contribution is 5.90. The van der Waals surface area contributed by atoms with Gasteiger partial charge in [0.05, 0.1) is 36.3 Å². The summed E-state index contributed by atoms with van der Waals surface area (Å²) < 4.78 is 9.95. The Balaban J connectivity index is 2.02. The van der Waals surface area contributed by atoms with Gasteiger partial charge in [0.25, 0.3) is 5.69 Å². The van der Waals surface area contributed by atoms with E-state index in [4.69, 9.17) is 4.74 Å². The zero-order valence-corrected chi connectivity index (χ0v) is 15.3. The number of nitrogens with zero attached hydrogens (tertiary/aromatic N) is 2. The number of nitro benzene ring substituents is 1. The summed E-state index contributed by atoms with van der Waals surface area (Å²) in [6.45, 7) is 0. The van der Waals surface area contributed by atoms with Crippen molar-refractivity contribution in [2.24, 2.45) is 0 Å². The van der Waals surface area contributed by atoms with Crippen molar-refractivity contribution >= 4 is 22.6 Å². The van der Waals surface area contributed by atoms with Crippen molar-refractivity contribution in [1.29, 1.82) is 0 Å². The molecule has 0 radical (unpaired) electrons. The molecule has 8 heteroatoms. The van der Waals surface area contributed by atoms with Gasteiger partial charge in [0.1, 0.15) is 0 Å². The number of rotatable bonds is 6. The van der Waals surface area contributed by atoms with Crippen LogP contribution in [0.3, 0.4) is 0 Å². The lowest BCUT2D eigenvalue weighted by Crippen LogP contribution is -2.09. The number of carbonyl (C=O) groups excluding carboxylic acids is 1. The van der Waals surface area contributed by atoms with E-state index in [0.717, 1.165) is 5.39 Å². The van der Waals surface area contributed by atoms with Crippen molar-refractivity contribution < 1.29 is 24.3 Å². The third-order valence-electron chi connectivity index (χ3n) is 4.38. The number of methoxy groups -OCH3 is 2. The molecule has 0 aliphatic heterocycles. The van der Waals surface area contributed by atoms with Crippen LogP contribution in [0.2, 0.25) is 0 Å². The fourth-order valence-corrected chi connectivity index (χ4v) is 3.01. The molecular weight excluding hydrogens is 364 g/mol. The van der Waals surface area contributed by atoms with Gasteiger partial charge < -0.3 is 14.6 Å². The number of aromatic nitrogens is 1. The van der Waals surface area contributed by atoms with Gasteiger partial charge in [-0.25, -0.2) is 9.78 Å². The maximum absolute atomic E-state index is 11.8. The predicted octanol–water partition coefficient (Wildman–Crippen LogP) is 3.21. The number of hydrogen-bond acceptors (Lipinski definition) is 7. The maximum atomic E-state index is 11.8. The summed E-state index contributed by atoms with van der Waals surface area (Å²) in [4.78, 5) is 27.0. The second-order valence-corrected chi connectivity index (χ2v) is 6.09. The van der Waals surface area contributed by atoms with Gasteiger partial charge in [0, 0.05) is 29.0 Å². The molecule has 28 heavy (non-hydrogen) atoms. The van der Waals surface area contributed by atoms with E-state index in [1.54, 1.807) is 6.07 Å². The normalized spacial score (nSPS) is 11.8. The first kappa shape index (κ1) is 19.2. The summed E-state index contributed by atoms with van der Waals surface area (Å²) in [6, 6.07) is 13.0. The molecule has 1 atom stereocenters. The van der Waals surface area contributed by atoms with Crippen LogP contribution in [-0.4, -0.2) is 35.2 Å². The first-order valence-corrected chi connectivity index (χ1v) is 8.42. The monoisotopic (exact) mass is 382 g/mol. The molecule has 1 N–H and O–H groups in total. The molecule has 144 valence electrons. The Labute approximate surface area is 160 Å². The van der Waals surface area contributed by atoms with Crippen LogP contribution in [0.4, 0.5) is 5.69 Å². The van der Waals surface area contributed by atoms with Crippen LogP contribution in [0.5, 0.6) is 5.88 Å². The molecule has 1 unspecified atom stereocenters. The summed E-state index contributed by atoms with van der Waals surface area (Å²) in [7, 11) is 2.66. The Kier molecular flexibility index (Phi) is 5.51. The SMILES string of the molecule is COC(=O)c1ccc([N+](=O)[O-])c(CC(O)c2cc3ccccc3nc2OC)c1. The summed E-state index contributed by atoms with van der Waals surface area (Å²) in [5, 5.41) is 22.9. The van der Waals surface area contributed by atoms with Crippen LogP contribution < -0.4 is 4.74 Å². The van der Waals surface area contributed by atoms with Crippen LogP contribution in [-0.2, 0) is 11.2 Å². The molecule has 0 spiro atoms. The lowest BCUT2D eigenvalue weighted by atomic mass is 9.98. The number of nitro groups is 1. The topological polar surface area (TPSA) is 112 Å². The van der Waals surface area contributed by atoms with Crippen molar-refractivity contribution in [3.8, 4) is 5.88 Å². The predicted molar refractivity (Wildman–Crippen MR) is 101 cm³/mol. The Morgan fingerprint density at radius 2 is 1.96 bits per heavy atom. The minimum Gasteiger partial charge on any atom is -0.481 e. The number of carbonyl (C=O) groups is 1. The molecule has 0 aliphatic rings. The van der Waals surface area contributed by atoms with Crippen molar-refractivity contribution in [1.82, 2.24) is 4.98 Å². The lowest BCUT2D eigenvalue weighted by molar-refractivity contribution is -0.385.